The first-order chi connectivity index (χ1) is 12.8. The molecule has 0 spiro atoms. The predicted octanol–water partition coefficient (Wildman–Crippen LogP) is 7.40. The number of halogens is 1. The summed E-state index contributed by atoms with van der Waals surface area (Å²) in [5.41, 5.74) is 2.36. The monoisotopic (exact) mass is 414 g/mol. The standard InChI is InChI=1S/C20H18O2.C2H6.CH3Br/c1-16-10-12-18(13-11-16)22-20-9-5-8-19(14-20)21-15-17-6-3-2-4-7-17;2*1-2/h2-14H,15H2,1H3;1-2H3;1H3. The van der Waals surface area contributed by atoms with E-state index >= 15 is 0 Å². The number of benzene rings is 3. The molecule has 3 rings (SSSR count). The predicted molar refractivity (Wildman–Crippen MR) is 115 cm³/mol. The number of aryl methyl sites for hydroxylation is 1. The molecule has 0 aromatic heterocycles. The summed E-state index contributed by atoms with van der Waals surface area (Å²) >= 11 is 2.94. The Hall–Kier alpha value is -2.26. The molecule has 3 aromatic rings. The molecule has 0 atom stereocenters. The maximum atomic E-state index is 5.85. The second-order valence-corrected chi connectivity index (χ2v) is 5.16. The smallest absolute Gasteiger partial charge is 0.131 e. The minimum atomic E-state index is 0.550. The molecule has 0 amide bonds. The topological polar surface area (TPSA) is 18.5 Å². The molecule has 0 saturated heterocycles. The number of hydrogen-bond donors (Lipinski definition) is 0. The maximum absolute atomic E-state index is 5.85. The molecule has 0 fully saturated rings. The van der Waals surface area contributed by atoms with Crippen LogP contribution in [-0.2, 0) is 6.61 Å². The van der Waals surface area contributed by atoms with Crippen LogP contribution in [0.3, 0.4) is 0 Å². The minimum absolute atomic E-state index is 0.550. The lowest BCUT2D eigenvalue weighted by molar-refractivity contribution is 0.304. The summed E-state index contributed by atoms with van der Waals surface area (Å²) in [7, 11) is 0. The van der Waals surface area contributed by atoms with E-state index in [1.54, 1.807) is 0 Å². The molecule has 0 bridgehead atoms. The zero-order valence-corrected chi connectivity index (χ0v) is 17.5. The van der Waals surface area contributed by atoms with Crippen LogP contribution in [0.4, 0.5) is 0 Å². The van der Waals surface area contributed by atoms with Crippen LogP contribution in [0.5, 0.6) is 17.2 Å². The molecule has 3 heteroatoms. The van der Waals surface area contributed by atoms with E-state index in [1.807, 2.05) is 98.5 Å². The van der Waals surface area contributed by atoms with E-state index in [4.69, 9.17) is 9.47 Å². The van der Waals surface area contributed by atoms with Crippen molar-refractivity contribution in [2.45, 2.75) is 27.4 Å². The van der Waals surface area contributed by atoms with Gasteiger partial charge in [0.05, 0.1) is 0 Å². The molecule has 26 heavy (non-hydrogen) atoms. The number of ether oxygens (including phenoxy) is 2. The van der Waals surface area contributed by atoms with Gasteiger partial charge in [-0.05, 0) is 42.6 Å². The molecule has 0 aliphatic rings. The highest BCUT2D eigenvalue weighted by atomic mass is 79.9. The van der Waals surface area contributed by atoms with Crippen molar-refractivity contribution in [3.8, 4) is 17.2 Å². The summed E-state index contributed by atoms with van der Waals surface area (Å²) in [6, 6.07) is 25.8. The van der Waals surface area contributed by atoms with Crippen LogP contribution in [-0.4, -0.2) is 5.83 Å². The minimum Gasteiger partial charge on any atom is -0.489 e. The average Bonchev–Trinajstić information content (AvgIpc) is 2.72. The van der Waals surface area contributed by atoms with Crippen molar-refractivity contribution in [3.63, 3.8) is 0 Å². The highest BCUT2D eigenvalue weighted by Crippen LogP contribution is 2.25. The molecule has 3 aromatic carbocycles. The van der Waals surface area contributed by atoms with Gasteiger partial charge in [-0.3, -0.25) is 0 Å². The van der Waals surface area contributed by atoms with Crippen molar-refractivity contribution >= 4 is 15.9 Å². The van der Waals surface area contributed by atoms with Gasteiger partial charge in [0.1, 0.15) is 23.9 Å². The second-order valence-electron chi connectivity index (χ2n) is 5.16. The van der Waals surface area contributed by atoms with Gasteiger partial charge in [0, 0.05) is 6.07 Å². The molecule has 0 heterocycles. The summed E-state index contributed by atoms with van der Waals surface area (Å²) in [6.07, 6.45) is 0. The van der Waals surface area contributed by atoms with E-state index in [0.29, 0.717) is 6.61 Å². The Morgan fingerprint density at radius 3 is 1.96 bits per heavy atom. The first-order valence-electron chi connectivity index (χ1n) is 8.69. The Kier molecular flexibility index (Phi) is 10.9. The Labute approximate surface area is 165 Å². The average molecular weight is 415 g/mol. The van der Waals surface area contributed by atoms with Gasteiger partial charge in [-0.15, -0.1) is 0 Å². The van der Waals surface area contributed by atoms with Crippen molar-refractivity contribution in [1.29, 1.82) is 0 Å². The van der Waals surface area contributed by atoms with E-state index in [1.165, 1.54) is 5.56 Å². The van der Waals surface area contributed by atoms with Crippen LogP contribution in [0.15, 0.2) is 78.9 Å². The molecule has 0 radical (unpaired) electrons. The molecule has 138 valence electrons. The summed E-state index contributed by atoms with van der Waals surface area (Å²) in [4.78, 5) is 0. The fourth-order valence-electron chi connectivity index (χ4n) is 2.11. The van der Waals surface area contributed by atoms with E-state index in [-0.39, 0.29) is 0 Å². The van der Waals surface area contributed by atoms with Gasteiger partial charge < -0.3 is 9.47 Å². The quantitative estimate of drug-likeness (QED) is 0.404. The lowest BCUT2D eigenvalue weighted by Gasteiger charge is -2.09. The third-order valence-corrected chi connectivity index (χ3v) is 3.31. The SMILES string of the molecule is CBr.CC.Cc1ccc(Oc2cccc(OCc3ccccc3)c2)cc1. The maximum Gasteiger partial charge on any atom is 0.131 e. The molecule has 0 aliphatic heterocycles. The summed E-state index contributed by atoms with van der Waals surface area (Å²) in [5.74, 6) is 4.21. The second kappa shape index (κ2) is 13.0. The van der Waals surface area contributed by atoms with E-state index in [9.17, 15) is 0 Å². The van der Waals surface area contributed by atoms with Gasteiger partial charge in [0.15, 0.2) is 0 Å². The molecular formula is C23H27BrO2. The first-order valence-corrected chi connectivity index (χ1v) is 10.3. The van der Waals surface area contributed by atoms with Gasteiger partial charge in [-0.1, -0.05) is 83.9 Å². The first kappa shape index (κ1) is 21.8. The zero-order chi connectivity index (χ0) is 19.2. The molecular weight excluding hydrogens is 388 g/mol. The fourth-order valence-corrected chi connectivity index (χ4v) is 2.11. The Balaban J connectivity index is 0.000000791. The Morgan fingerprint density at radius 2 is 1.31 bits per heavy atom. The van der Waals surface area contributed by atoms with Gasteiger partial charge in [-0.25, -0.2) is 0 Å². The molecule has 0 N–H and O–H groups in total. The number of rotatable bonds is 5. The number of alkyl halides is 1. The van der Waals surface area contributed by atoms with Gasteiger partial charge in [0.2, 0.25) is 0 Å². The molecule has 0 saturated carbocycles. The molecule has 0 aliphatic carbocycles. The van der Waals surface area contributed by atoms with E-state index < -0.39 is 0 Å². The van der Waals surface area contributed by atoms with Crippen molar-refractivity contribution in [2.24, 2.45) is 0 Å². The highest BCUT2D eigenvalue weighted by Gasteiger charge is 2.01. The van der Waals surface area contributed by atoms with Crippen LogP contribution in [0.1, 0.15) is 25.0 Å². The van der Waals surface area contributed by atoms with E-state index in [0.717, 1.165) is 22.8 Å². The number of hydrogen-bond acceptors (Lipinski definition) is 2. The zero-order valence-electron chi connectivity index (χ0n) is 15.9. The summed E-state index contributed by atoms with van der Waals surface area (Å²) in [5, 5.41) is 0. The molecule has 2 nitrogen and oxygen atoms in total. The van der Waals surface area contributed by atoms with Crippen molar-refractivity contribution in [2.75, 3.05) is 5.83 Å². The lowest BCUT2D eigenvalue weighted by atomic mass is 10.2. The van der Waals surface area contributed by atoms with Crippen LogP contribution < -0.4 is 9.47 Å². The highest BCUT2D eigenvalue weighted by molar-refractivity contribution is 9.08. The normalized spacial score (nSPS) is 9.12. The van der Waals surface area contributed by atoms with Crippen molar-refractivity contribution in [3.05, 3.63) is 90.0 Å². The Morgan fingerprint density at radius 1 is 0.692 bits per heavy atom. The van der Waals surface area contributed by atoms with Crippen LogP contribution in [0, 0.1) is 6.92 Å². The Bertz CT molecular complexity index is 725. The van der Waals surface area contributed by atoms with Crippen LogP contribution in [0.2, 0.25) is 0 Å². The summed E-state index contributed by atoms with van der Waals surface area (Å²) < 4.78 is 11.7. The largest absolute Gasteiger partial charge is 0.489 e. The van der Waals surface area contributed by atoms with Gasteiger partial charge in [0.25, 0.3) is 0 Å². The third-order valence-electron chi connectivity index (χ3n) is 3.31. The van der Waals surface area contributed by atoms with Crippen molar-refractivity contribution in [1.82, 2.24) is 0 Å². The fraction of sp³-hybridized carbons (Fsp3) is 0.217. The van der Waals surface area contributed by atoms with Gasteiger partial charge in [-0.2, -0.15) is 0 Å². The van der Waals surface area contributed by atoms with Gasteiger partial charge >= 0.3 is 0 Å². The third kappa shape index (κ3) is 7.75. The van der Waals surface area contributed by atoms with Crippen LogP contribution in [0.25, 0.3) is 0 Å². The molecule has 0 unspecified atom stereocenters. The van der Waals surface area contributed by atoms with E-state index in [2.05, 4.69) is 22.9 Å². The lowest BCUT2D eigenvalue weighted by Crippen LogP contribution is -1.95. The van der Waals surface area contributed by atoms with Crippen molar-refractivity contribution < 1.29 is 9.47 Å². The van der Waals surface area contributed by atoms with Crippen LogP contribution >= 0.6 is 15.9 Å². The summed E-state index contributed by atoms with van der Waals surface area (Å²) in [6.45, 7) is 6.61.